The number of para-hydroxylation sites is 1. The van der Waals surface area contributed by atoms with Crippen LogP contribution in [0.1, 0.15) is 30.5 Å². The first kappa shape index (κ1) is 39.0. The fourth-order valence-corrected chi connectivity index (χ4v) is 10.0. The number of nitrogens with zero attached hydrogens (tertiary/aromatic N) is 4. The number of hydrogen-bond donors (Lipinski definition) is 0. The number of benzene rings is 9. The summed E-state index contributed by atoms with van der Waals surface area (Å²) in [5, 5.41) is 12.4. The Hall–Kier alpha value is -8.65. The minimum atomic E-state index is -0.171. The van der Waals surface area contributed by atoms with Gasteiger partial charge in [0.2, 0.25) is 0 Å². The Balaban J connectivity index is 1.08. The lowest BCUT2D eigenvalue weighted by atomic mass is 9.82. The summed E-state index contributed by atoms with van der Waals surface area (Å²) in [6.07, 6.45) is 0. The second-order valence-electron chi connectivity index (χ2n) is 17.7. The van der Waals surface area contributed by atoms with Crippen LogP contribution >= 0.6 is 0 Å². The number of fused-ring (bicyclic) bond motifs is 6. The molecule has 0 fully saturated rings. The predicted octanol–water partition coefficient (Wildman–Crippen LogP) is 15.8. The van der Waals surface area contributed by atoms with E-state index in [1.165, 1.54) is 44.2 Å². The fraction of sp³-hybridized carbons (Fsp3) is 0.0484. The molecular formula is C62H42N4. The van der Waals surface area contributed by atoms with Crippen LogP contribution in [0.25, 0.3) is 106 Å². The average Bonchev–Trinajstić information content (AvgIpc) is 3.83. The highest BCUT2D eigenvalue weighted by Crippen LogP contribution is 2.51. The summed E-state index contributed by atoms with van der Waals surface area (Å²) in [6, 6.07) is 79.5. The molecule has 0 bridgehead atoms. The van der Waals surface area contributed by atoms with Crippen molar-refractivity contribution in [2.45, 2.75) is 19.3 Å². The van der Waals surface area contributed by atoms with Crippen LogP contribution in [0, 0.1) is 11.3 Å². The van der Waals surface area contributed by atoms with Crippen molar-refractivity contribution in [3.05, 3.63) is 235 Å². The first-order valence-electron chi connectivity index (χ1n) is 22.4. The van der Waals surface area contributed by atoms with E-state index in [1.54, 1.807) is 0 Å². The van der Waals surface area contributed by atoms with E-state index in [2.05, 4.69) is 213 Å². The Morgan fingerprint density at radius 3 is 1.62 bits per heavy atom. The van der Waals surface area contributed by atoms with E-state index in [0.29, 0.717) is 11.4 Å². The van der Waals surface area contributed by atoms with E-state index in [1.807, 2.05) is 30.3 Å². The smallest absolute Gasteiger partial charge is 0.160 e. The van der Waals surface area contributed by atoms with Gasteiger partial charge in [-0.15, -0.1) is 0 Å². The van der Waals surface area contributed by atoms with Crippen molar-refractivity contribution >= 4 is 21.8 Å². The highest BCUT2D eigenvalue weighted by atomic mass is 15.0. The zero-order chi connectivity index (χ0) is 44.4. The standard InChI is InChI=1S/C62H42N4/c1-62(2)55-22-11-9-20-51(55)53-36-54-52-21-10-12-23-59(52)66(60(54)37-56(53)62)50-34-48(47-19-13-14-40(32-47)39-63)33-49(35-50)61-64-57(45-28-24-43(25-29-45)41-15-5-3-6-16-41)38-58(65-61)46-30-26-44(27-31-46)42-17-7-4-8-18-42/h3-38H,1-2H3. The molecule has 0 aliphatic heterocycles. The molecule has 11 aromatic rings. The van der Waals surface area contributed by atoms with Gasteiger partial charge in [-0.2, -0.15) is 5.26 Å². The van der Waals surface area contributed by atoms with Crippen molar-refractivity contribution in [1.82, 2.24) is 14.5 Å². The zero-order valence-electron chi connectivity index (χ0n) is 36.6. The van der Waals surface area contributed by atoms with Crippen LogP contribution in [0.4, 0.5) is 0 Å². The van der Waals surface area contributed by atoms with Gasteiger partial charge in [0.1, 0.15) is 0 Å². The summed E-state index contributed by atoms with van der Waals surface area (Å²) in [5.41, 5.74) is 20.0. The summed E-state index contributed by atoms with van der Waals surface area (Å²) >= 11 is 0. The van der Waals surface area contributed by atoms with Gasteiger partial charge in [0, 0.05) is 38.6 Å². The van der Waals surface area contributed by atoms with E-state index in [-0.39, 0.29) is 5.41 Å². The quantitative estimate of drug-likeness (QED) is 0.161. The van der Waals surface area contributed by atoms with Crippen LogP contribution < -0.4 is 0 Å². The maximum atomic E-state index is 10.0. The van der Waals surface area contributed by atoms with Crippen molar-refractivity contribution in [3.8, 4) is 90.2 Å². The van der Waals surface area contributed by atoms with Gasteiger partial charge in [0.05, 0.1) is 34.1 Å². The first-order valence-corrected chi connectivity index (χ1v) is 22.4. The molecule has 12 rings (SSSR count). The molecular weight excluding hydrogens is 801 g/mol. The maximum Gasteiger partial charge on any atom is 0.160 e. The second-order valence-corrected chi connectivity index (χ2v) is 17.7. The zero-order valence-corrected chi connectivity index (χ0v) is 36.6. The molecule has 0 unspecified atom stereocenters. The third-order valence-corrected chi connectivity index (χ3v) is 13.4. The van der Waals surface area contributed by atoms with Crippen molar-refractivity contribution in [1.29, 1.82) is 5.26 Å². The number of aromatic nitrogens is 3. The van der Waals surface area contributed by atoms with Gasteiger partial charge in [-0.05, 0) is 110 Å². The molecule has 66 heavy (non-hydrogen) atoms. The SMILES string of the molecule is CC1(C)c2ccccc2-c2cc3c4ccccc4n(-c4cc(-c5cccc(C#N)c5)cc(-c5nc(-c6ccc(-c7ccccc7)cc6)cc(-c6ccc(-c7ccccc7)cc6)n5)c4)c3cc21. The van der Waals surface area contributed by atoms with E-state index in [9.17, 15) is 5.26 Å². The van der Waals surface area contributed by atoms with Crippen LogP contribution in [0.5, 0.6) is 0 Å². The summed E-state index contributed by atoms with van der Waals surface area (Å²) in [5.74, 6) is 0.611. The lowest BCUT2D eigenvalue weighted by Gasteiger charge is -2.22. The highest BCUT2D eigenvalue weighted by molar-refractivity contribution is 6.12. The Kier molecular flexibility index (Phi) is 9.19. The van der Waals surface area contributed by atoms with Crippen LogP contribution in [0.2, 0.25) is 0 Å². The van der Waals surface area contributed by atoms with Gasteiger partial charge in [0.15, 0.2) is 5.82 Å². The molecule has 1 aliphatic rings. The monoisotopic (exact) mass is 842 g/mol. The van der Waals surface area contributed by atoms with Gasteiger partial charge in [-0.25, -0.2) is 9.97 Å². The molecule has 2 heterocycles. The molecule has 4 heteroatoms. The third kappa shape index (κ3) is 6.60. The Bertz CT molecular complexity index is 3610. The molecule has 9 aromatic carbocycles. The second kappa shape index (κ2) is 15.6. The fourth-order valence-electron chi connectivity index (χ4n) is 10.0. The largest absolute Gasteiger partial charge is 0.309 e. The first-order chi connectivity index (χ1) is 32.4. The van der Waals surface area contributed by atoms with E-state index in [0.717, 1.165) is 67.1 Å². The normalized spacial score (nSPS) is 12.5. The Morgan fingerprint density at radius 2 is 0.955 bits per heavy atom. The van der Waals surface area contributed by atoms with Crippen LogP contribution in [0.15, 0.2) is 218 Å². The molecule has 0 N–H and O–H groups in total. The molecule has 2 aromatic heterocycles. The third-order valence-electron chi connectivity index (χ3n) is 13.4. The van der Waals surface area contributed by atoms with Crippen LogP contribution in [-0.2, 0) is 5.41 Å². The Morgan fingerprint density at radius 1 is 0.394 bits per heavy atom. The van der Waals surface area contributed by atoms with Crippen molar-refractivity contribution in [2.24, 2.45) is 0 Å². The van der Waals surface area contributed by atoms with Crippen LogP contribution in [-0.4, -0.2) is 14.5 Å². The van der Waals surface area contributed by atoms with E-state index >= 15 is 0 Å². The molecule has 1 aliphatic carbocycles. The molecule has 310 valence electrons. The minimum absolute atomic E-state index is 0.171. The van der Waals surface area contributed by atoms with E-state index < -0.39 is 0 Å². The van der Waals surface area contributed by atoms with Gasteiger partial charge in [-0.1, -0.05) is 178 Å². The van der Waals surface area contributed by atoms with Gasteiger partial charge < -0.3 is 4.57 Å². The Labute approximate surface area is 384 Å². The minimum Gasteiger partial charge on any atom is -0.309 e. The molecule has 4 nitrogen and oxygen atoms in total. The molecule has 0 saturated heterocycles. The van der Waals surface area contributed by atoms with Gasteiger partial charge in [0.25, 0.3) is 0 Å². The summed E-state index contributed by atoms with van der Waals surface area (Å²) in [7, 11) is 0. The van der Waals surface area contributed by atoms with Crippen molar-refractivity contribution in [3.63, 3.8) is 0 Å². The maximum absolute atomic E-state index is 10.0. The van der Waals surface area contributed by atoms with Gasteiger partial charge in [-0.3, -0.25) is 0 Å². The predicted molar refractivity (Wildman–Crippen MR) is 271 cm³/mol. The number of nitriles is 1. The topological polar surface area (TPSA) is 54.5 Å². The highest BCUT2D eigenvalue weighted by Gasteiger charge is 2.36. The number of rotatable bonds is 7. The number of hydrogen-bond acceptors (Lipinski definition) is 3. The molecule has 0 spiro atoms. The van der Waals surface area contributed by atoms with Crippen molar-refractivity contribution < 1.29 is 0 Å². The lowest BCUT2D eigenvalue weighted by Crippen LogP contribution is -2.15. The molecule has 0 amide bonds. The summed E-state index contributed by atoms with van der Waals surface area (Å²) in [4.78, 5) is 10.8. The molecule has 0 radical (unpaired) electrons. The van der Waals surface area contributed by atoms with E-state index in [4.69, 9.17) is 9.97 Å². The average molecular weight is 843 g/mol. The van der Waals surface area contributed by atoms with Crippen LogP contribution in [0.3, 0.4) is 0 Å². The van der Waals surface area contributed by atoms with Crippen molar-refractivity contribution in [2.75, 3.05) is 0 Å². The van der Waals surface area contributed by atoms with Gasteiger partial charge >= 0.3 is 0 Å². The lowest BCUT2D eigenvalue weighted by molar-refractivity contribution is 0.661. The molecule has 0 saturated carbocycles. The molecule has 0 atom stereocenters. The summed E-state index contributed by atoms with van der Waals surface area (Å²) < 4.78 is 2.40. The summed E-state index contributed by atoms with van der Waals surface area (Å²) in [6.45, 7) is 4.67.